The molecular formula is C15H31N3O6Si. The van der Waals surface area contributed by atoms with Crippen LogP contribution in [0, 0.1) is 0 Å². The number of nitrogens with one attached hydrogen (secondary N) is 3. The molecule has 1 saturated heterocycles. The molecule has 1 rings (SSSR count). The lowest BCUT2D eigenvalue weighted by Gasteiger charge is -2.28. The molecule has 0 aromatic heterocycles. The molecule has 2 atom stereocenters. The number of carboxylic acid groups (broad SMARTS) is 1. The summed E-state index contributed by atoms with van der Waals surface area (Å²) < 4.78 is 17.3. The van der Waals surface area contributed by atoms with Crippen molar-refractivity contribution in [1.82, 2.24) is 16.0 Å². The van der Waals surface area contributed by atoms with E-state index >= 15 is 0 Å². The Morgan fingerprint density at radius 1 is 1.16 bits per heavy atom. The molecular weight excluding hydrogens is 346 g/mol. The van der Waals surface area contributed by atoms with Gasteiger partial charge in [-0.2, -0.15) is 0 Å². The minimum absolute atomic E-state index is 0.176. The maximum Gasteiger partial charge on any atom is 0.500 e. The second-order valence-corrected chi connectivity index (χ2v) is 8.45. The molecule has 10 heteroatoms. The molecule has 0 saturated carbocycles. The molecule has 9 nitrogen and oxygen atoms in total. The monoisotopic (exact) mass is 377 g/mol. The Kier molecular flexibility index (Phi) is 9.98. The van der Waals surface area contributed by atoms with Crippen molar-refractivity contribution in [1.29, 1.82) is 0 Å². The van der Waals surface area contributed by atoms with Gasteiger partial charge in [-0.3, -0.25) is 4.79 Å². The zero-order chi connectivity index (χ0) is 18.7. The van der Waals surface area contributed by atoms with Crippen LogP contribution in [0.15, 0.2) is 0 Å². The number of urea groups is 1. The maximum atomic E-state index is 11.9. The van der Waals surface area contributed by atoms with Gasteiger partial charge in [-0.05, 0) is 33.6 Å². The fraction of sp³-hybridized carbons (Fsp3) is 0.867. The summed E-state index contributed by atoms with van der Waals surface area (Å²) in [4.78, 5) is 22.8. The van der Waals surface area contributed by atoms with Gasteiger partial charge in [0.15, 0.2) is 0 Å². The molecule has 0 aromatic carbocycles. The molecule has 1 heterocycles. The van der Waals surface area contributed by atoms with Crippen LogP contribution in [-0.2, 0) is 18.1 Å². The Balaban J connectivity index is 2.30. The predicted molar refractivity (Wildman–Crippen MR) is 94.4 cm³/mol. The van der Waals surface area contributed by atoms with E-state index in [1.165, 1.54) is 0 Å². The van der Waals surface area contributed by atoms with Crippen LogP contribution in [0.1, 0.15) is 33.6 Å². The van der Waals surface area contributed by atoms with Gasteiger partial charge in [0.1, 0.15) is 6.04 Å². The third-order valence-electron chi connectivity index (χ3n) is 3.80. The quantitative estimate of drug-likeness (QED) is 0.289. The summed E-state index contributed by atoms with van der Waals surface area (Å²) in [7, 11) is -2.67. The molecule has 0 aliphatic carbocycles. The fourth-order valence-corrected chi connectivity index (χ4v) is 5.39. The number of amides is 2. The third kappa shape index (κ3) is 7.69. The van der Waals surface area contributed by atoms with E-state index < -0.39 is 20.8 Å². The van der Waals surface area contributed by atoms with E-state index in [-0.39, 0.29) is 12.1 Å². The minimum atomic E-state index is -2.67. The minimum Gasteiger partial charge on any atom is -0.480 e. The predicted octanol–water partition coefficient (Wildman–Crippen LogP) is 0.539. The first-order chi connectivity index (χ1) is 12.0. The molecule has 0 unspecified atom stereocenters. The molecule has 0 bridgehead atoms. The van der Waals surface area contributed by atoms with Crippen molar-refractivity contribution in [2.45, 2.75) is 51.7 Å². The highest BCUT2D eigenvalue weighted by Gasteiger charge is 2.39. The second-order valence-electron chi connectivity index (χ2n) is 5.72. The summed E-state index contributed by atoms with van der Waals surface area (Å²) in [5.41, 5.74) is 0. The van der Waals surface area contributed by atoms with E-state index in [1.54, 1.807) is 0 Å². The van der Waals surface area contributed by atoms with E-state index in [0.29, 0.717) is 51.8 Å². The summed E-state index contributed by atoms with van der Waals surface area (Å²) in [6, 6.07) is -0.436. The molecule has 25 heavy (non-hydrogen) atoms. The van der Waals surface area contributed by atoms with Gasteiger partial charge in [-0.1, -0.05) is 0 Å². The first kappa shape index (κ1) is 21.8. The number of rotatable bonds is 12. The van der Waals surface area contributed by atoms with E-state index in [9.17, 15) is 9.59 Å². The first-order valence-electron chi connectivity index (χ1n) is 8.88. The Labute approximate surface area is 150 Å². The standard InChI is InChI=1S/C15H31N3O6Si/c1-4-22-25(23-5-2,24-6-3)9-7-8-16-15(21)18-12-10-13(14(19)20)17-11-12/h12-13,17H,4-11H2,1-3H3,(H,19,20)(H2,16,18,21)/t12-,13-/m0/s1. The first-order valence-corrected chi connectivity index (χ1v) is 10.8. The van der Waals surface area contributed by atoms with Crippen molar-refractivity contribution in [3.05, 3.63) is 0 Å². The van der Waals surface area contributed by atoms with Gasteiger partial charge in [0.25, 0.3) is 0 Å². The van der Waals surface area contributed by atoms with Crippen molar-refractivity contribution in [2.75, 3.05) is 32.9 Å². The largest absolute Gasteiger partial charge is 0.500 e. The summed E-state index contributed by atoms with van der Waals surface area (Å²) in [5.74, 6) is -0.895. The molecule has 146 valence electrons. The van der Waals surface area contributed by atoms with Crippen LogP contribution >= 0.6 is 0 Å². The molecule has 0 radical (unpaired) electrons. The number of carboxylic acids is 1. The normalized spacial score (nSPS) is 20.4. The van der Waals surface area contributed by atoms with E-state index in [2.05, 4.69) is 16.0 Å². The number of aliphatic carboxylic acids is 1. The fourth-order valence-electron chi connectivity index (χ4n) is 2.78. The third-order valence-corrected chi connectivity index (χ3v) is 6.95. The Hall–Kier alpha value is -1.20. The highest BCUT2D eigenvalue weighted by molar-refractivity contribution is 6.60. The Morgan fingerprint density at radius 3 is 2.24 bits per heavy atom. The van der Waals surface area contributed by atoms with Crippen molar-refractivity contribution in [3.63, 3.8) is 0 Å². The second kappa shape index (κ2) is 11.4. The molecule has 1 aliphatic heterocycles. The lowest BCUT2D eigenvalue weighted by atomic mass is 10.2. The van der Waals surface area contributed by atoms with Crippen LogP contribution < -0.4 is 16.0 Å². The zero-order valence-corrected chi connectivity index (χ0v) is 16.3. The topological polar surface area (TPSA) is 118 Å². The van der Waals surface area contributed by atoms with Gasteiger partial charge in [-0.15, -0.1) is 0 Å². The molecule has 4 N–H and O–H groups in total. The lowest BCUT2D eigenvalue weighted by molar-refractivity contribution is -0.139. The Morgan fingerprint density at radius 2 is 1.76 bits per heavy atom. The van der Waals surface area contributed by atoms with E-state index in [4.69, 9.17) is 18.4 Å². The summed E-state index contributed by atoms with van der Waals surface area (Å²) in [6.45, 7) is 8.23. The molecule has 1 aliphatic rings. The Bertz CT molecular complexity index is 409. The van der Waals surface area contributed by atoms with Crippen LogP contribution in [0.25, 0.3) is 0 Å². The van der Waals surface area contributed by atoms with Crippen molar-refractivity contribution < 1.29 is 28.0 Å². The van der Waals surface area contributed by atoms with Gasteiger partial charge >= 0.3 is 20.8 Å². The molecule has 0 spiro atoms. The van der Waals surface area contributed by atoms with Crippen molar-refractivity contribution >= 4 is 20.8 Å². The average molecular weight is 378 g/mol. The number of carbonyl (C=O) groups excluding carboxylic acids is 1. The van der Waals surface area contributed by atoms with Crippen LogP contribution in [0.2, 0.25) is 6.04 Å². The smallest absolute Gasteiger partial charge is 0.480 e. The number of hydrogen-bond donors (Lipinski definition) is 4. The molecule has 1 fully saturated rings. The van der Waals surface area contributed by atoms with Gasteiger partial charge in [0.05, 0.1) is 0 Å². The summed E-state index contributed by atoms with van der Waals surface area (Å²) in [6.07, 6.45) is 1.07. The van der Waals surface area contributed by atoms with Crippen LogP contribution in [0.5, 0.6) is 0 Å². The average Bonchev–Trinajstić information content (AvgIpc) is 3.01. The highest BCUT2D eigenvalue weighted by Crippen LogP contribution is 2.17. The van der Waals surface area contributed by atoms with E-state index in [1.807, 2.05) is 20.8 Å². The van der Waals surface area contributed by atoms with Gasteiger partial charge in [0.2, 0.25) is 0 Å². The lowest BCUT2D eigenvalue weighted by Crippen LogP contribution is -2.47. The van der Waals surface area contributed by atoms with Gasteiger partial charge < -0.3 is 34.3 Å². The van der Waals surface area contributed by atoms with Crippen LogP contribution in [-0.4, -0.2) is 70.9 Å². The number of hydrogen-bond acceptors (Lipinski definition) is 6. The van der Waals surface area contributed by atoms with E-state index in [0.717, 1.165) is 0 Å². The van der Waals surface area contributed by atoms with Crippen molar-refractivity contribution in [3.8, 4) is 0 Å². The molecule has 2 amide bonds. The summed E-state index contributed by atoms with van der Waals surface area (Å²) >= 11 is 0. The molecule has 0 aromatic rings. The van der Waals surface area contributed by atoms with Crippen LogP contribution in [0.3, 0.4) is 0 Å². The SMILES string of the molecule is CCO[Si](CCCNC(=O)N[C@@H]1CN[C@H](C(=O)O)C1)(OCC)OCC. The number of carbonyl (C=O) groups is 2. The summed E-state index contributed by atoms with van der Waals surface area (Å²) in [5, 5.41) is 17.3. The highest BCUT2D eigenvalue weighted by atomic mass is 28.4. The van der Waals surface area contributed by atoms with Gasteiger partial charge in [0, 0.05) is 45.0 Å². The van der Waals surface area contributed by atoms with Crippen LogP contribution in [0.4, 0.5) is 4.79 Å². The van der Waals surface area contributed by atoms with Crippen molar-refractivity contribution in [2.24, 2.45) is 0 Å². The maximum absolute atomic E-state index is 11.9. The van der Waals surface area contributed by atoms with Gasteiger partial charge in [-0.25, -0.2) is 4.79 Å². The zero-order valence-electron chi connectivity index (χ0n) is 15.3.